The smallest absolute Gasteiger partial charge is 0.109 e. The fourth-order valence-corrected chi connectivity index (χ4v) is 2.78. The largest absolute Gasteiger partial charge is 0.345 e. The van der Waals surface area contributed by atoms with Gasteiger partial charge in [-0.15, -0.1) is 0 Å². The number of imidazole rings is 1. The van der Waals surface area contributed by atoms with E-state index in [1.54, 1.807) is 0 Å². The lowest BCUT2D eigenvalue weighted by molar-refractivity contribution is 0.341. The number of nitrogens with zero attached hydrogens (tertiary/aromatic N) is 1. The zero-order valence-corrected chi connectivity index (χ0v) is 12.2. The van der Waals surface area contributed by atoms with E-state index in [1.165, 1.54) is 37.2 Å². The highest BCUT2D eigenvalue weighted by molar-refractivity contribution is 5.14. The van der Waals surface area contributed by atoms with E-state index in [9.17, 15) is 0 Å². The number of aromatic nitrogens is 2. The van der Waals surface area contributed by atoms with Crippen LogP contribution in [0.5, 0.6) is 0 Å². The molecule has 2 rings (SSSR count). The molecule has 0 saturated heterocycles. The van der Waals surface area contributed by atoms with E-state index in [2.05, 4.69) is 43.0 Å². The zero-order valence-electron chi connectivity index (χ0n) is 12.2. The van der Waals surface area contributed by atoms with Crippen molar-refractivity contribution in [1.82, 2.24) is 15.3 Å². The first kappa shape index (κ1) is 13.6. The maximum atomic E-state index is 4.60. The number of hydrogen-bond acceptors (Lipinski definition) is 2. The first-order chi connectivity index (χ1) is 8.50. The first-order valence-electron chi connectivity index (χ1n) is 7.29. The minimum atomic E-state index is 0.173. The molecule has 18 heavy (non-hydrogen) atoms. The molecule has 1 aliphatic rings. The zero-order chi connectivity index (χ0) is 13.2. The van der Waals surface area contributed by atoms with Crippen LogP contribution < -0.4 is 5.32 Å². The summed E-state index contributed by atoms with van der Waals surface area (Å²) in [6, 6.07) is 0.725. The van der Waals surface area contributed by atoms with Gasteiger partial charge in [-0.1, -0.05) is 27.7 Å². The van der Waals surface area contributed by atoms with Crippen molar-refractivity contribution in [3.8, 4) is 0 Å². The van der Waals surface area contributed by atoms with Crippen LogP contribution in [-0.4, -0.2) is 22.6 Å². The Morgan fingerprint density at radius 3 is 2.44 bits per heavy atom. The summed E-state index contributed by atoms with van der Waals surface area (Å²) >= 11 is 0. The summed E-state index contributed by atoms with van der Waals surface area (Å²) in [4.78, 5) is 8.14. The monoisotopic (exact) mass is 249 g/mol. The maximum Gasteiger partial charge on any atom is 0.109 e. The lowest BCUT2D eigenvalue weighted by Crippen LogP contribution is -2.32. The number of aromatic amines is 1. The maximum absolute atomic E-state index is 4.60. The van der Waals surface area contributed by atoms with E-state index >= 15 is 0 Å². The standard InChI is InChI=1S/C15H27N3/c1-5-16-12-8-6-11(7-9-12)14-17-10-13(18-14)15(2,3)4/h10-12,16H,5-9H2,1-4H3,(H,17,18)/t11-,12-. The molecular formula is C15H27N3. The van der Waals surface area contributed by atoms with Gasteiger partial charge in [-0.2, -0.15) is 0 Å². The van der Waals surface area contributed by atoms with Crippen LogP contribution in [0.1, 0.15) is 70.8 Å². The van der Waals surface area contributed by atoms with Gasteiger partial charge in [0.15, 0.2) is 0 Å². The van der Waals surface area contributed by atoms with Crippen molar-refractivity contribution in [3.63, 3.8) is 0 Å². The lowest BCUT2D eigenvalue weighted by atomic mass is 9.85. The average Bonchev–Trinajstić information content (AvgIpc) is 2.79. The molecule has 3 heteroatoms. The highest BCUT2D eigenvalue weighted by atomic mass is 14.9. The van der Waals surface area contributed by atoms with Crippen LogP contribution in [0, 0.1) is 0 Å². The van der Waals surface area contributed by atoms with Crippen molar-refractivity contribution in [2.45, 2.75) is 70.8 Å². The van der Waals surface area contributed by atoms with Crippen LogP contribution in [0.2, 0.25) is 0 Å². The topological polar surface area (TPSA) is 40.7 Å². The van der Waals surface area contributed by atoms with Gasteiger partial charge in [-0.25, -0.2) is 4.98 Å². The molecule has 0 aliphatic heterocycles. The van der Waals surface area contributed by atoms with Crippen molar-refractivity contribution in [2.75, 3.05) is 6.54 Å². The van der Waals surface area contributed by atoms with E-state index < -0.39 is 0 Å². The Hall–Kier alpha value is -0.830. The molecule has 102 valence electrons. The summed E-state index contributed by atoms with van der Waals surface area (Å²) < 4.78 is 0. The van der Waals surface area contributed by atoms with Gasteiger partial charge in [0, 0.05) is 29.3 Å². The third-order valence-electron chi connectivity index (χ3n) is 4.01. The Morgan fingerprint density at radius 1 is 1.28 bits per heavy atom. The van der Waals surface area contributed by atoms with E-state index in [0.717, 1.165) is 12.6 Å². The molecule has 0 aromatic carbocycles. The van der Waals surface area contributed by atoms with Crippen LogP contribution in [0.15, 0.2) is 6.20 Å². The third-order valence-corrected chi connectivity index (χ3v) is 4.01. The number of H-pyrrole nitrogens is 1. The second kappa shape index (κ2) is 5.43. The van der Waals surface area contributed by atoms with Crippen molar-refractivity contribution in [2.24, 2.45) is 0 Å². The second-order valence-electron chi connectivity index (χ2n) is 6.54. The first-order valence-corrected chi connectivity index (χ1v) is 7.29. The molecule has 1 fully saturated rings. The molecule has 0 unspecified atom stereocenters. The second-order valence-corrected chi connectivity index (χ2v) is 6.54. The summed E-state index contributed by atoms with van der Waals surface area (Å²) in [6.07, 6.45) is 7.10. The van der Waals surface area contributed by atoms with Gasteiger partial charge >= 0.3 is 0 Å². The SMILES string of the molecule is CCN[C@H]1CC[C@H](c2ncc(C(C)(C)C)[nH]2)CC1. The molecule has 0 bridgehead atoms. The van der Waals surface area contributed by atoms with Crippen LogP contribution in [0.25, 0.3) is 0 Å². The van der Waals surface area contributed by atoms with Crippen LogP contribution >= 0.6 is 0 Å². The summed E-state index contributed by atoms with van der Waals surface area (Å²) in [7, 11) is 0. The summed E-state index contributed by atoms with van der Waals surface area (Å²) in [6.45, 7) is 9.96. The highest BCUT2D eigenvalue weighted by Crippen LogP contribution is 2.32. The lowest BCUT2D eigenvalue weighted by Gasteiger charge is -2.28. The minimum Gasteiger partial charge on any atom is -0.345 e. The van der Waals surface area contributed by atoms with Crippen LogP contribution in [0.4, 0.5) is 0 Å². The molecule has 0 radical (unpaired) electrons. The minimum absolute atomic E-state index is 0.173. The molecule has 2 N–H and O–H groups in total. The van der Waals surface area contributed by atoms with Gasteiger partial charge in [0.25, 0.3) is 0 Å². The van der Waals surface area contributed by atoms with Crippen LogP contribution in [-0.2, 0) is 5.41 Å². The number of rotatable bonds is 3. The molecule has 0 amide bonds. The fourth-order valence-electron chi connectivity index (χ4n) is 2.78. The fraction of sp³-hybridized carbons (Fsp3) is 0.800. The van der Waals surface area contributed by atoms with Crippen molar-refractivity contribution < 1.29 is 0 Å². The molecule has 0 spiro atoms. The Kier molecular flexibility index (Phi) is 4.10. The molecule has 1 heterocycles. The van der Waals surface area contributed by atoms with Gasteiger partial charge in [0.2, 0.25) is 0 Å². The van der Waals surface area contributed by atoms with E-state index in [1.807, 2.05) is 6.20 Å². The highest BCUT2D eigenvalue weighted by Gasteiger charge is 2.25. The van der Waals surface area contributed by atoms with Crippen molar-refractivity contribution >= 4 is 0 Å². The normalized spacial score (nSPS) is 25.3. The Bertz CT molecular complexity index is 367. The molecule has 3 nitrogen and oxygen atoms in total. The van der Waals surface area contributed by atoms with Crippen molar-refractivity contribution in [3.05, 3.63) is 17.7 Å². The van der Waals surface area contributed by atoms with Gasteiger partial charge in [-0.3, -0.25) is 0 Å². The number of hydrogen-bond donors (Lipinski definition) is 2. The molecule has 1 aromatic heterocycles. The average molecular weight is 249 g/mol. The summed E-state index contributed by atoms with van der Waals surface area (Å²) in [5, 5.41) is 3.56. The quantitative estimate of drug-likeness (QED) is 0.862. The molecule has 0 atom stereocenters. The molecule has 1 aliphatic carbocycles. The Balaban J connectivity index is 1.95. The third kappa shape index (κ3) is 3.14. The molecule has 1 aromatic rings. The summed E-state index contributed by atoms with van der Waals surface area (Å²) in [5.41, 5.74) is 1.43. The predicted octanol–water partition coefficient (Wildman–Crippen LogP) is 3.34. The predicted molar refractivity (Wildman–Crippen MR) is 76.0 cm³/mol. The Morgan fingerprint density at radius 2 is 1.94 bits per heavy atom. The number of nitrogens with one attached hydrogen (secondary N) is 2. The van der Waals surface area contributed by atoms with Crippen molar-refractivity contribution in [1.29, 1.82) is 0 Å². The molecule has 1 saturated carbocycles. The molecular weight excluding hydrogens is 222 g/mol. The van der Waals surface area contributed by atoms with Gasteiger partial charge in [0.05, 0.1) is 0 Å². The van der Waals surface area contributed by atoms with Gasteiger partial charge < -0.3 is 10.3 Å². The van der Waals surface area contributed by atoms with E-state index in [0.29, 0.717) is 5.92 Å². The van der Waals surface area contributed by atoms with E-state index in [-0.39, 0.29) is 5.41 Å². The Labute approximate surface area is 111 Å². The summed E-state index contributed by atoms with van der Waals surface area (Å²) in [5.74, 6) is 1.84. The van der Waals surface area contributed by atoms with Gasteiger partial charge in [-0.05, 0) is 32.2 Å². The van der Waals surface area contributed by atoms with Gasteiger partial charge in [0.1, 0.15) is 5.82 Å². The van der Waals surface area contributed by atoms with Crippen LogP contribution in [0.3, 0.4) is 0 Å². The van der Waals surface area contributed by atoms with E-state index in [4.69, 9.17) is 0 Å².